The van der Waals surface area contributed by atoms with E-state index in [1.165, 1.54) is 24.1 Å². The molecule has 8 heteroatoms. The Morgan fingerprint density at radius 2 is 1.89 bits per heavy atom. The van der Waals surface area contributed by atoms with Gasteiger partial charge in [0.15, 0.2) is 5.65 Å². The summed E-state index contributed by atoms with van der Waals surface area (Å²) in [4.78, 5) is 27.5. The van der Waals surface area contributed by atoms with E-state index in [0.717, 1.165) is 38.3 Å². The molecule has 1 aliphatic carbocycles. The zero-order valence-electron chi connectivity index (χ0n) is 22.6. The van der Waals surface area contributed by atoms with Gasteiger partial charge in [0, 0.05) is 43.8 Å². The van der Waals surface area contributed by atoms with E-state index in [1.807, 2.05) is 10.8 Å². The first-order valence-corrected chi connectivity index (χ1v) is 13.7. The molecule has 1 aromatic carbocycles. The third kappa shape index (κ3) is 5.31. The lowest BCUT2D eigenvalue weighted by Crippen LogP contribution is -2.44. The summed E-state index contributed by atoms with van der Waals surface area (Å²) in [6.45, 7) is 14.8. The van der Waals surface area contributed by atoms with Crippen LogP contribution in [0, 0.1) is 5.92 Å². The highest BCUT2D eigenvalue weighted by Gasteiger charge is 2.23. The molecular formula is C30H39N7O. The second-order valence-electron chi connectivity index (χ2n) is 10.5. The van der Waals surface area contributed by atoms with Crippen molar-refractivity contribution >= 4 is 28.4 Å². The second-order valence-corrected chi connectivity index (χ2v) is 10.5. The van der Waals surface area contributed by atoms with Crippen molar-refractivity contribution in [1.29, 1.82) is 0 Å². The van der Waals surface area contributed by atoms with Gasteiger partial charge in [-0.1, -0.05) is 30.7 Å². The van der Waals surface area contributed by atoms with Crippen LogP contribution < -0.4 is 15.8 Å². The van der Waals surface area contributed by atoms with Crippen LogP contribution in [0.3, 0.4) is 0 Å². The Morgan fingerprint density at radius 3 is 2.55 bits per heavy atom. The highest BCUT2D eigenvalue weighted by Crippen LogP contribution is 2.33. The van der Waals surface area contributed by atoms with Crippen molar-refractivity contribution in [1.82, 2.24) is 24.2 Å². The zero-order chi connectivity index (χ0) is 26.6. The molecule has 1 N–H and O–H groups in total. The van der Waals surface area contributed by atoms with E-state index in [4.69, 9.17) is 4.98 Å². The number of benzene rings is 1. The van der Waals surface area contributed by atoms with Gasteiger partial charge in [-0.15, -0.1) is 13.2 Å². The largest absolute Gasteiger partial charge is 0.369 e. The zero-order valence-corrected chi connectivity index (χ0v) is 22.6. The van der Waals surface area contributed by atoms with Crippen LogP contribution in [0.2, 0.25) is 0 Å². The van der Waals surface area contributed by atoms with Gasteiger partial charge < -0.3 is 15.1 Å². The van der Waals surface area contributed by atoms with E-state index in [0.29, 0.717) is 35.9 Å². The van der Waals surface area contributed by atoms with Crippen LogP contribution >= 0.6 is 0 Å². The molecule has 1 saturated heterocycles. The molecular weight excluding hydrogens is 474 g/mol. The van der Waals surface area contributed by atoms with Crippen molar-refractivity contribution in [3.05, 3.63) is 77.8 Å². The molecule has 1 aliphatic heterocycles. The fourth-order valence-electron chi connectivity index (χ4n) is 5.64. The molecule has 5 rings (SSSR count). The number of anilines is 3. The molecule has 1 saturated carbocycles. The number of likely N-dealkylation sites (N-methyl/N-ethyl adjacent to an activating group) is 1. The molecule has 8 nitrogen and oxygen atoms in total. The van der Waals surface area contributed by atoms with Gasteiger partial charge in [0.2, 0.25) is 5.95 Å². The van der Waals surface area contributed by atoms with Crippen LogP contribution in [0.25, 0.3) is 11.0 Å². The number of rotatable bonds is 9. The van der Waals surface area contributed by atoms with Crippen LogP contribution in [0.4, 0.5) is 17.3 Å². The maximum absolute atomic E-state index is 13.4. The maximum Gasteiger partial charge on any atom is 0.278 e. The summed E-state index contributed by atoms with van der Waals surface area (Å²) >= 11 is 0. The Kier molecular flexibility index (Phi) is 7.79. The summed E-state index contributed by atoms with van der Waals surface area (Å²) in [5, 5.41) is 3.85. The van der Waals surface area contributed by atoms with E-state index in [1.54, 1.807) is 17.0 Å². The number of nitrogens with one attached hydrogen (secondary N) is 1. The number of fused-ring (bicyclic) bond motifs is 1. The van der Waals surface area contributed by atoms with E-state index in [-0.39, 0.29) is 11.6 Å². The van der Waals surface area contributed by atoms with E-state index < -0.39 is 0 Å². The highest BCUT2D eigenvalue weighted by molar-refractivity contribution is 5.76. The molecule has 0 bridgehead atoms. The van der Waals surface area contributed by atoms with Gasteiger partial charge in [-0.05, 0) is 62.9 Å². The first-order chi connectivity index (χ1) is 18.5. The molecule has 200 valence electrons. The molecule has 3 aromatic rings. The molecule has 2 aromatic heterocycles. The summed E-state index contributed by atoms with van der Waals surface area (Å²) in [5.41, 5.74) is 4.10. The van der Waals surface area contributed by atoms with Gasteiger partial charge in [-0.3, -0.25) is 9.48 Å². The molecule has 0 radical (unpaired) electrons. The standard InChI is InChI=1S/C30H39N7O/c1-5-8-26(20-23-10-7-9-22(23)3)37-28-27(29(38)36(37)15-6-2)21-31-30(33-28)32-24-11-13-25(14-12-24)35-18-16-34(4)17-19-35/h5-6,11-14,20-22,26H,1-2,7-10,15-19H2,3-4H3,(H,31,32,33)/b23-20+. The normalized spacial score (nSPS) is 20.2. The summed E-state index contributed by atoms with van der Waals surface area (Å²) in [7, 11) is 2.16. The number of piperazine rings is 1. The van der Waals surface area contributed by atoms with Gasteiger partial charge >= 0.3 is 0 Å². The summed E-state index contributed by atoms with van der Waals surface area (Å²) in [6, 6.07) is 8.33. The number of hydrogen-bond acceptors (Lipinski definition) is 6. The van der Waals surface area contributed by atoms with Crippen molar-refractivity contribution in [3.63, 3.8) is 0 Å². The quantitative estimate of drug-likeness (QED) is 0.400. The molecule has 2 unspecified atom stereocenters. The van der Waals surface area contributed by atoms with Crippen molar-refractivity contribution in [2.24, 2.45) is 5.92 Å². The van der Waals surface area contributed by atoms with Crippen molar-refractivity contribution in [2.75, 3.05) is 43.4 Å². The van der Waals surface area contributed by atoms with E-state index in [2.05, 4.69) is 77.6 Å². The minimum Gasteiger partial charge on any atom is -0.369 e. The predicted molar refractivity (Wildman–Crippen MR) is 156 cm³/mol. The monoisotopic (exact) mass is 513 g/mol. The average Bonchev–Trinajstić information content (AvgIpc) is 3.44. The summed E-state index contributed by atoms with van der Waals surface area (Å²) in [5.74, 6) is 1.03. The Hall–Kier alpha value is -3.65. The minimum atomic E-state index is -0.102. The Balaban J connectivity index is 1.48. The molecule has 0 amide bonds. The van der Waals surface area contributed by atoms with Crippen LogP contribution in [-0.4, -0.2) is 57.5 Å². The second kappa shape index (κ2) is 11.4. The van der Waals surface area contributed by atoms with Gasteiger partial charge in [0.1, 0.15) is 5.39 Å². The molecule has 2 aliphatic rings. The van der Waals surface area contributed by atoms with Crippen molar-refractivity contribution in [3.8, 4) is 0 Å². The topological polar surface area (TPSA) is 71.2 Å². The van der Waals surface area contributed by atoms with Crippen LogP contribution in [0.1, 0.15) is 38.6 Å². The third-order valence-corrected chi connectivity index (χ3v) is 7.87. The van der Waals surface area contributed by atoms with Crippen molar-refractivity contribution < 1.29 is 0 Å². The minimum absolute atomic E-state index is 0.0566. The van der Waals surface area contributed by atoms with E-state index in [9.17, 15) is 4.79 Å². The number of hydrogen-bond donors (Lipinski definition) is 1. The molecule has 38 heavy (non-hydrogen) atoms. The lowest BCUT2D eigenvalue weighted by molar-refractivity contribution is 0.313. The van der Waals surface area contributed by atoms with Gasteiger partial charge in [-0.25, -0.2) is 9.67 Å². The fraction of sp³-hybridized carbons (Fsp3) is 0.433. The number of nitrogens with zero attached hydrogens (tertiary/aromatic N) is 6. The SMILES string of the molecule is C=CCC(/C=C1\CCCC1C)n1c2nc(Nc3ccc(N4CCN(C)CC4)cc3)ncc2c(=O)n1CC=C. The molecule has 3 heterocycles. The van der Waals surface area contributed by atoms with Crippen LogP contribution in [-0.2, 0) is 6.54 Å². The lowest BCUT2D eigenvalue weighted by Gasteiger charge is -2.34. The van der Waals surface area contributed by atoms with Crippen LogP contribution in [0.5, 0.6) is 0 Å². The Labute approximate surface area is 225 Å². The first-order valence-electron chi connectivity index (χ1n) is 13.7. The van der Waals surface area contributed by atoms with Crippen LogP contribution in [0.15, 0.2) is 72.2 Å². The summed E-state index contributed by atoms with van der Waals surface area (Å²) < 4.78 is 3.74. The molecule has 0 spiro atoms. The Morgan fingerprint density at radius 1 is 1.13 bits per heavy atom. The molecule has 2 atom stereocenters. The lowest BCUT2D eigenvalue weighted by atomic mass is 10.0. The Bertz CT molecular complexity index is 1380. The van der Waals surface area contributed by atoms with Gasteiger partial charge in [0.05, 0.1) is 12.6 Å². The first kappa shape index (κ1) is 26.0. The molecule has 2 fully saturated rings. The third-order valence-electron chi connectivity index (χ3n) is 7.87. The highest BCUT2D eigenvalue weighted by atomic mass is 16.1. The smallest absolute Gasteiger partial charge is 0.278 e. The van der Waals surface area contributed by atoms with Gasteiger partial charge in [0.25, 0.3) is 5.56 Å². The van der Waals surface area contributed by atoms with Crippen molar-refractivity contribution in [2.45, 2.75) is 45.2 Å². The average molecular weight is 514 g/mol. The van der Waals surface area contributed by atoms with E-state index >= 15 is 0 Å². The predicted octanol–water partition coefficient (Wildman–Crippen LogP) is 5.14. The fourth-order valence-corrected chi connectivity index (χ4v) is 5.64. The maximum atomic E-state index is 13.4. The van der Waals surface area contributed by atoms with Gasteiger partial charge in [-0.2, -0.15) is 4.98 Å². The number of allylic oxidation sites excluding steroid dienone is 4. The number of aromatic nitrogens is 4. The summed E-state index contributed by atoms with van der Waals surface area (Å²) in [6.07, 6.45) is 11.9.